The number of carbonyl (C=O) groups is 1. The van der Waals surface area contributed by atoms with E-state index in [0.29, 0.717) is 17.1 Å². The summed E-state index contributed by atoms with van der Waals surface area (Å²) in [6.45, 7) is 2.98. The second kappa shape index (κ2) is 4.75. The minimum atomic E-state index is -0.337. The molecule has 0 saturated carbocycles. The summed E-state index contributed by atoms with van der Waals surface area (Å²) in [6.07, 6.45) is 2.86. The summed E-state index contributed by atoms with van der Waals surface area (Å²) in [5.41, 5.74) is 0.245. The van der Waals surface area contributed by atoms with E-state index in [1.54, 1.807) is 25.3 Å². The van der Waals surface area contributed by atoms with Gasteiger partial charge in [0.15, 0.2) is 17.2 Å². The van der Waals surface area contributed by atoms with Crippen molar-refractivity contribution in [3.63, 3.8) is 0 Å². The van der Waals surface area contributed by atoms with Gasteiger partial charge in [-0.15, -0.1) is 0 Å². The fourth-order valence-corrected chi connectivity index (χ4v) is 2.04. The molecule has 1 aliphatic heterocycles. The van der Waals surface area contributed by atoms with Crippen LogP contribution in [-0.4, -0.2) is 25.7 Å². The molecule has 1 aromatic carbocycles. The molecule has 1 fully saturated rings. The van der Waals surface area contributed by atoms with Gasteiger partial charge in [0.25, 0.3) is 0 Å². The normalized spacial score (nSPS) is 23.4. The number of benzene rings is 1. The van der Waals surface area contributed by atoms with Gasteiger partial charge < -0.3 is 9.47 Å². The van der Waals surface area contributed by atoms with Gasteiger partial charge in [-0.25, -0.2) is 0 Å². The molecule has 1 heterocycles. The van der Waals surface area contributed by atoms with Crippen molar-refractivity contribution in [2.75, 3.05) is 13.7 Å². The maximum Gasteiger partial charge on any atom is 0.163 e. The summed E-state index contributed by atoms with van der Waals surface area (Å²) in [5, 5.41) is 3.31. The number of hydrogen-bond acceptors (Lipinski definition) is 4. The van der Waals surface area contributed by atoms with Gasteiger partial charge in [0.2, 0.25) is 0 Å². The monoisotopic (exact) mass is 235 g/mol. The second-order valence-electron chi connectivity index (χ2n) is 4.39. The first-order chi connectivity index (χ1) is 8.17. The molecule has 17 heavy (non-hydrogen) atoms. The van der Waals surface area contributed by atoms with Crippen molar-refractivity contribution in [3.8, 4) is 11.5 Å². The number of carbonyl (C=O) groups excluding carboxylic acids is 1. The average molecular weight is 235 g/mol. The lowest BCUT2D eigenvalue weighted by atomic mass is 10.2. The molecule has 4 heteroatoms. The highest BCUT2D eigenvalue weighted by Crippen LogP contribution is 2.32. The van der Waals surface area contributed by atoms with Crippen LogP contribution >= 0.6 is 0 Å². The first kappa shape index (κ1) is 11.9. The fourth-order valence-electron chi connectivity index (χ4n) is 2.04. The molecule has 0 bridgehead atoms. The Hall–Kier alpha value is -1.55. The van der Waals surface area contributed by atoms with E-state index >= 15 is 0 Å². The third kappa shape index (κ3) is 2.58. The lowest BCUT2D eigenvalue weighted by Crippen LogP contribution is -2.42. The van der Waals surface area contributed by atoms with Crippen LogP contribution in [0, 0.1) is 0 Å². The van der Waals surface area contributed by atoms with Gasteiger partial charge >= 0.3 is 0 Å². The first-order valence-corrected chi connectivity index (χ1v) is 5.74. The van der Waals surface area contributed by atoms with Crippen LogP contribution in [-0.2, 0) is 0 Å². The van der Waals surface area contributed by atoms with Crippen molar-refractivity contribution in [2.45, 2.75) is 25.5 Å². The van der Waals surface area contributed by atoms with E-state index in [1.165, 1.54) is 0 Å². The predicted octanol–water partition coefficient (Wildman–Crippen LogP) is 1.99. The Morgan fingerprint density at radius 3 is 2.82 bits per heavy atom. The highest BCUT2D eigenvalue weighted by Gasteiger charge is 2.30. The Labute approximate surface area is 101 Å². The van der Waals surface area contributed by atoms with Crippen molar-refractivity contribution in [1.82, 2.24) is 5.32 Å². The summed E-state index contributed by atoms with van der Waals surface area (Å²) in [4.78, 5) is 10.7. The van der Waals surface area contributed by atoms with Crippen molar-refractivity contribution in [1.29, 1.82) is 0 Å². The van der Waals surface area contributed by atoms with E-state index in [-0.39, 0.29) is 5.72 Å². The zero-order valence-electron chi connectivity index (χ0n) is 10.2. The van der Waals surface area contributed by atoms with Crippen LogP contribution in [0.3, 0.4) is 0 Å². The summed E-state index contributed by atoms with van der Waals surface area (Å²) in [5.74, 6) is 1.25. The Morgan fingerprint density at radius 2 is 2.24 bits per heavy atom. The summed E-state index contributed by atoms with van der Waals surface area (Å²) < 4.78 is 11.2. The van der Waals surface area contributed by atoms with Crippen molar-refractivity contribution in [2.24, 2.45) is 0 Å². The van der Waals surface area contributed by atoms with Gasteiger partial charge in [-0.1, -0.05) is 0 Å². The Kier molecular flexibility index (Phi) is 3.33. The van der Waals surface area contributed by atoms with Crippen LogP contribution in [0.25, 0.3) is 0 Å². The van der Waals surface area contributed by atoms with Crippen molar-refractivity contribution in [3.05, 3.63) is 23.8 Å². The third-order valence-electron chi connectivity index (χ3n) is 2.99. The molecule has 0 aliphatic carbocycles. The molecular formula is C13H17NO3. The fraction of sp³-hybridized carbons (Fsp3) is 0.462. The standard InChI is InChI=1S/C13H17NO3/c1-13(6-3-7-14-13)17-11-5-4-10(9-15)8-12(11)16-2/h4-5,8-9,14H,3,6-7H2,1-2H3/t13-/m0/s1. The minimum Gasteiger partial charge on any atom is -0.493 e. The van der Waals surface area contributed by atoms with E-state index in [2.05, 4.69) is 5.32 Å². The largest absolute Gasteiger partial charge is 0.493 e. The van der Waals surface area contributed by atoms with E-state index < -0.39 is 0 Å². The Bertz CT molecular complexity index is 411. The van der Waals surface area contributed by atoms with Gasteiger partial charge in [-0.3, -0.25) is 10.1 Å². The molecule has 1 aromatic rings. The maximum atomic E-state index is 10.7. The zero-order valence-corrected chi connectivity index (χ0v) is 10.2. The number of methoxy groups -OCH3 is 1. The van der Waals surface area contributed by atoms with Gasteiger partial charge in [-0.05, 0) is 38.1 Å². The number of hydrogen-bond donors (Lipinski definition) is 1. The molecule has 1 aliphatic rings. The van der Waals surface area contributed by atoms with Crippen molar-refractivity contribution < 1.29 is 14.3 Å². The summed E-state index contributed by atoms with van der Waals surface area (Å²) in [7, 11) is 1.57. The van der Waals surface area contributed by atoms with Crippen LogP contribution in [0.2, 0.25) is 0 Å². The summed E-state index contributed by atoms with van der Waals surface area (Å²) in [6, 6.07) is 5.18. The van der Waals surface area contributed by atoms with Crippen molar-refractivity contribution >= 4 is 6.29 Å². The van der Waals surface area contributed by atoms with Crippen LogP contribution in [0.4, 0.5) is 0 Å². The third-order valence-corrected chi connectivity index (χ3v) is 2.99. The highest BCUT2D eigenvalue weighted by atomic mass is 16.5. The smallest absolute Gasteiger partial charge is 0.163 e. The minimum absolute atomic E-state index is 0.337. The molecule has 0 spiro atoms. The van der Waals surface area contributed by atoms with Crippen LogP contribution < -0.4 is 14.8 Å². The van der Waals surface area contributed by atoms with E-state index in [9.17, 15) is 4.79 Å². The molecule has 1 saturated heterocycles. The first-order valence-electron chi connectivity index (χ1n) is 5.74. The molecule has 0 unspecified atom stereocenters. The van der Waals surface area contributed by atoms with E-state index in [4.69, 9.17) is 9.47 Å². The highest BCUT2D eigenvalue weighted by molar-refractivity contribution is 5.76. The second-order valence-corrected chi connectivity index (χ2v) is 4.39. The van der Waals surface area contributed by atoms with Crippen LogP contribution in [0.5, 0.6) is 11.5 Å². The molecule has 4 nitrogen and oxygen atoms in total. The lowest BCUT2D eigenvalue weighted by Gasteiger charge is -2.27. The molecule has 92 valence electrons. The number of ether oxygens (including phenoxy) is 2. The maximum absolute atomic E-state index is 10.7. The van der Waals surface area contributed by atoms with E-state index in [0.717, 1.165) is 25.7 Å². The molecule has 0 aromatic heterocycles. The van der Waals surface area contributed by atoms with Crippen LogP contribution in [0.15, 0.2) is 18.2 Å². The predicted molar refractivity (Wildman–Crippen MR) is 64.7 cm³/mol. The van der Waals surface area contributed by atoms with Crippen LogP contribution in [0.1, 0.15) is 30.1 Å². The molecule has 1 N–H and O–H groups in total. The van der Waals surface area contributed by atoms with Gasteiger partial charge in [0.05, 0.1) is 7.11 Å². The molecule has 0 amide bonds. The number of rotatable bonds is 4. The van der Waals surface area contributed by atoms with Gasteiger partial charge in [-0.2, -0.15) is 0 Å². The Balaban J connectivity index is 2.22. The van der Waals surface area contributed by atoms with Gasteiger partial charge in [0.1, 0.15) is 6.29 Å². The number of aldehydes is 1. The molecule has 0 radical (unpaired) electrons. The number of nitrogens with one attached hydrogen (secondary N) is 1. The molecule has 2 rings (SSSR count). The summed E-state index contributed by atoms with van der Waals surface area (Å²) >= 11 is 0. The van der Waals surface area contributed by atoms with E-state index in [1.807, 2.05) is 6.92 Å². The topological polar surface area (TPSA) is 47.6 Å². The quantitative estimate of drug-likeness (QED) is 0.811. The van der Waals surface area contributed by atoms with Gasteiger partial charge in [0, 0.05) is 12.0 Å². The Morgan fingerprint density at radius 1 is 1.41 bits per heavy atom. The average Bonchev–Trinajstić information content (AvgIpc) is 2.76. The SMILES string of the molecule is COc1cc(C=O)ccc1O[C@@]1(C)CCCN1. The lowest BCUT2D eigenvalue weighted by molar-refractivity contribution is 0.0698. The molecule has 1 atom stereocenters. The molecular weight excluding hydrogens is 218 g/mol. The zero-order chi connectivity index (χ0) is 12.3.